The van der Waals surface area contributed by atoms with E-state index < -0.39 is 12.1 Å². The smallest absolute Gasteiger partial charge is 0.243 e. The van der Waals surface area contributed by atoms with Gasteiger partial charge in [-0.3, -0.25) is 0 Å². The molecule has 0 atom stereocenters. The normalized spacial score (nSPS) is 14.5. The third-order valence-electron chi connectivity index (χ3n) is 1.90. The molecule has 15 heavy (non-hydrogen) atoms. The van der Waals surface area contributed by atoms with Gasteiger partial charge in [-0.2, -0.15) is 0 Å². The molecule has 0 aromatic heterocycles. The maximum atomic E-state index is 11.1. The minimum atomic E-state index is -0.687. The molecule has 0 saturated heterocycles. The number of rotatable bonds is 1. The summed E-state index contributed by atoms with van der Waals surface area (Å²) in [4.78, 5) is 23.2. The second-order valence-electron chi connectivity index (χ2n) is 2.79. The first kappa shape index (κ1) is 9.09. The number of hydrogen-bond donors (Lipinski definition) is 0. The molecule has 1 aromatic carbocycles. The molecule has 0 radical (unpaired) electrons. The van der Waals surface area contributed by atoms with Crippen molar-refractivity contribution in [1.29, 1.82) is 0 Å². The van der Waals surface area contributed by atoms with Gasteiger partial charge in [0.1, 0.15) is 0 Å². The van der Waals surface area contributed by atoms with E-state index in [9.17, 15) is 9.59 Å². The number of anilines is 1. The fourth-order valence-corrected chi connectivity index (χ4v) is 1.18. The van der Waals surface area contributed by atoms with Crippen molar-refractivity contribution in [2.75, 3.05) is 4.90 Å². The molecule has 1 aliphatic rings. The van der Waals surface area contributed by atoms with Crippen molar-refractivity contribution in [2.45, 2.75) is 0 Å². The molecule has 1 heterocycles. The summed E-state index contributed by atoms with van der Waals surface area (Å²) in [6.45, 7) is 0. The maximum absolute atomic E-state index is 11.1. The van der Waals surface area contributed by atoms with Crippen LogP contribution in [-0.4, -0.2) is 12.1 Å². The first-order valence-electron chi connectivity index (χ1n) is 4.09. The maximum Gasteiger partial charge on any atom is 0.375 e. The van der Waals surface area contributed by atoms with E-state index in [0.717, 1.165) is 4.90 Å². The van der Waals surface area contributed by atoms with Crippen LogP contribution in [0.1, 0.15) is 5.56 Å². The highest BCUT2D eigenvalue weighted by atomic mass is 16.2. The average Bonchev–Trinajstić information content (AvgIpc) is 2.59. The second kappa shape index (κ2) is 3.35. The first-order chi connectivity index (χ1) is 7.22. The van der Waals surface area contributed by atoms with Crippen molar-refractivity contribution in [3.63, 3.8) is 0 Å². The van der Waals surface area contributed by atoms with Crippen LogP contribution >= 0.6 is 0 Å². The van der Waals surface area contributed by atoms with Crippen LogP contribution in [0.3, 0.4) is 0 Å². The van der Waals surface area contributed by atoms with E-state index in [1.54, 1.807) is 24.3 Å². The molecule has 5 nitrogen and oxygen atoms in total. The van der Waals surface area contributed by atoms with Gasteiger partial charge in [0.05, 0.1) is 5.69 Å². The lowest BCUT2D eigenvalue weighted by atomic mass is 10.2. The summed E-state index contributed by atoms with van der Waals surface area (Å²) in [7, 11) is 0. The SMILES string of the molecule is C#Cc1ccc(N2C(=O)N=NC2=O)cc1. The fourth-order valence-electron chi connectivity index (χ4n) is 1.18. The number of amides is 4. The van der Waals surface area contributed by atoms with Gasteiger partial charge in [0.25, 0.3) is 0 Å². The van der Waals surface area contributed by atoms with Crippen molar-refractivity contribution < 1.29 is 9.59 Å². The van der Waals surface area contributed by atoms with Crippen molar-refractivity contribution >= 4 is 17.7 Å². The van der Waals surface area contributed by atoms with Gasteiger partial charge in [-0.25, -0.2) is 14.5 Å². The summed E-state index contributed by atoms with van der Waals surface area (Å²) in [6, 6.07) is 5.03. The Balaban J connectivity index is 2.35. The zero-order valence-electron chi connectivity index (χ0n) is 7.54. The highest BCUT2D eigenvalue weighted by Crippen LogP contribution is 2.20. The molecule has 72 valence electrons. The van der Waals surface area contributed by atoms with Gasteiger partial charge in [0.2, 0.25) is 0 Å². The van der Waals surface area contributed by atoms with E-state index in [4.69, 9.17) is 6.42 Å². The standard InChI is InChI=1S/C10H5N3O2/c1-2-7-3-5-8(6-4-7)13-9(14)11-12-10(13)15/h1,3-6H. The van der Waals surface area contributed by atoms with Crippen molar-refractivity contribution in [1.82, 2.24) is 0 Å². The van der Waals surface area contributed by atoms with E-state index in [1.165, 1.54) is 0 Å². The van der Waals surface area contributed by atoms with Crippen molar-refractivity contribution in [3.05, 3.63) is 29.8 Å². The monoisotopic (exact) mass is 199 g/mol. The van der Waals surface area contributed by atoms with E-state index in [2.05, 4.69) is 16.1 Å². The summed E-state index contributed by atoms with van der Waals surface area (Å²) in [5, 5.41) is 6.28. The molecule has 0 bridgehead atoms. The van der Waals surface area contributed by atoms with Gasteiger partial charge in [-0.05, 0) is 24.3 Å². The molecule has 0 fully saturated rings. The van der Waals surface area contributed by atoms with Crippen LogP contribution in [0.25, 0.3) is 0 Å². The van der Waals surface area contributed by atoms with Crippen LogP contribution in [0, 0.1) is 12.3 Å². The molecule has 4 amide bonds. The molecule has 2 rings (SSSR count). The van der Waals surface area contributed by atoms with E-state index in [-0.39, 0.29) is 0 Å². The van der Waals surface area contributed by atoms with Gasteiger partial charge < -0.3 is 0 Å². The number of hydrogen-bond acceptors (Lipinski definition) is 2. The Bertz CT molecular complexity index is 478. The van der Waals surface area contributed by atoms with Crippen LogP contribution in [0.5, 0.6) is 0 Å². The lowest BCUT2D eigenvalue weighted by Gasteiger charge is -2.09. The van der Waals surface area contributed by atoms with Crippen LogP contribution in [0.15, 0.2) is 34.5 Å². The summed E-state index contributed by atoms with van der Waals surface area (Å²) >= 11 is 0. The molecular weight excluding hydrogens is 194 g/mol. The molecule has 0 N–H and O–H groups in total. The fraction of sp³-hybridized carbons (Fsp3) is 0. The number of benzene rings is 1. The Kier molecular flexibility index (Phi) is 2.03. The number of nitrogens with zero attached hydrogens (tertiary/aromatic N) is 3. The van der Waals surface area contributed by atoms with Gasteiger partial charge in [0.15, 0.2) is 0 Å². The molecule has 0 saturated carbocycles. The highest BCUT2D eigenvalue weighted by molar-refractivity contribution is 6.17. The van der Waals surface area contributed by atoms with Crippen LogP contribution in [-0.2, 0) is 0 Å². The third-order valence-corrected chi connectivity index (χ3v) is 1.90. The number of carbonyl (C=O) groups excluding carboxylic acids is 2. The molecule has 0 unspecified atom stereocenters. The summed E-state index contributed by atoms with van der Waals surface area (Å²) in [5.74, 6) is 2.43. The molecule has 1 aliphatic heterocycles. The van der Waals surface area contributed by atoms with Crippen molar-refractivity contribution in [3.8, 4) is 12.3 Å². The zero-order valence-corrected chi connectivity index (χ0v) is 7.54. The van der Waals surface area contributed by atoms with E-state index in [0.29, 0.717) is 11.3 Å². The molecule has 0 aliphatic carbocycles. The number of urea groups is 2. The number of azo groups is 1. The topological polar surface area (TPSA) is 62.1 Å². The minimum absolute atomic E-state index is 0.411. The Labute approximate surface area is 85.4 Å². The largest absolute Gasteiger partial charge is 0.375 e. The highest BCUT2D eigenvalue weighted by Gasteiger charge is 2.28. The zero-order chi connectivity index (χ0) is 10.8. The Morgan fingerprint density at radius 2 is 1.60 bits per heavy atom. The van der Waals surface area contributed by atoms with Gasteiger partial charge in [0, 0.05) is 5.56 Å². The summed E-state index contributed by atoms with van der Waals surface area (Å²) < 4.78 is 0. The van der Waals surface area contributed by atoms with Gasteiger partial charge in [-0.15, -0.1) is 6.42 Å². The third kappa shape index (κ3) is 1.48. The van der Waals surface area contributed by atoms with E-state index >= 15 is 0 Å². The Morgan fingerprint density at radius 1 is 1.07 bits per heavy atom. The van der Waals surface area contributed by atoms with E-state index in [1.807, 2.05) is 0 Å². The molecular formula is C10H5N3O2. The van der Waals surface area contributed by atoms with Crippen LogP contribution in [0.2, 0.25) is 0 Å². The average molecular weight is 199 g/mol. The number of imide groups is 1. The first-order valence-corrected chi connectivity index (χ1v) is 4.09. The summed E-state index contributed by atoms with van der Waals surface area (Å²) in [6.07, 6.45) is 5.17. The number of terminal acetylenes is 1. The predicted octanol–water partition coefficient (Wildman–Crippen LogP) is 2.18. The second-order valence-corrected chi connectivity index (χ2v) is 2.79. The minimum Gasteiger partial charge on any atom is -0.243 e. The molecule has 1 aromatic rings. The summed E-state index contributed by atoms with van der Waals surface area (Å²) in [5.41, 5.74) is 1.08. The van der Waals surface area contributed by atoms with Gasteiger partial charge >= 0.3 is 12.1 Å². The quantitative estimate of drug-likeness (QED) is 0.650. The lowest BCUT2D eigenvalue weighted by molar-refractivity contribution is 0.249. The Hall–Kier alpha value is -2.48. The molecule has 0 spiro atoms. The predicted molar refractivity (Wildman–Crippen MR) is 52.5 cm³/mol. The van der Waals surface area contributed by atoms with Crippen LogP contribution in [0.4, 0.5) is 15.3 Å². The molecule has 5 heteroatoms. The Morgan fingerprint density at radius 3 is 2.07 bits per heavy atom. The van der Waals surface area contributed by atoms with Crippen LogP contribution < -0.4 is 4.90 Å². The lowest BCUT2D eigenvalue weighted by Crippen LogP contribution is -2.27. The number of carbonyl (C=O) groups is 2. The van der Waals surface area contributed by atoms with Crippen molar-refractivity contribution in [2.24, 2.45) is 10.2 Å². The van der Waals surface area contributed by atoms with Gasteiger partial charge in [-0.1, -0.05) is 16.1 Å².